The second kappa shape index (κ2) is 5.29. The second-order valence-corrected chi connectivity index (χ2v) is 4.67. The fourth-order valence-electron chi connectivity index (χ4n) is 2.37. The molecule has 0 aliphatic heterocycles. The Kier molecular flexibility index (Phi) is 3.68. The number of hydrogen-bond donors (Lipinski definition) is 1. The number of aryl methyl sites for hydroxylation is 2. The summed E-state index contributed by atoms with van der Waals surface area (Å²) in [5, 5.41) is 9.08. The number of anilines is 1. The summed E-state index contributed by atoms with van der Waals surface area (Å²) in [5.41, 5.74) is 7.96. The van der Waals surface area contributed by atoms with E-state index in [-0.39, 0.29) is 22.8 Å². The van der Waals surface area contributed by atoms with Crippen molar-refractivity contribution in [3.05, 3.63) is 46.5 Å². The van der Waals surface area contributed by atoms with E-state index in [0.717, 1.165) is 0 Å². The molecule has 1 aromatic carbocycles. The van der Waals surface area contributed by atoms with Gasteiger partial charge in [-0.05, 0) is 37.1 Å². The number of nitrogens with zero attached hydrogens (tertiary/aromatic N) is 2. The molecule has 0 aliphatic rings. The summed E-state index contributed by atoms with van der Waals surface area (Å²) >= 11 is 0. The molecule has 0 saturated heterocycles. The van der Waals surface area contributed by atoms with Crippen molar-refractivity contribution >= 4 is 11.7 Å². The maximum atomic E-state index is 13.4. The standard InChI is InChI=1S/C15H14FN3O2/c1-8-4-11(16)5-9(2)13(8)19-7-10(6-17)12(18)14(19)15(20)21-3/h4-5,7H,18H2,1-3H3. The molecule has 6 heteroatoms. The molecule has 2 N–H and O–H groups in total. The molecule has 0 radical (unpaired) electrons. The largest absolute Gasteiger partial charge is 0.464 e. The Labute approximate surface area is 121 Å². The number of benzene rings is 1. The van der Waals surface area contributed by atoms with E-state index >= 15 is 0 Å². The summed E-state index contributed by atoms with van der Waals surface area (Å²) in [6.45, 7) is 3.43. The van der Waals surface area contributed by atoms with Gasteiger partial charge in [-0.3, -0.25) is 0 Å². The van der Waals surface area contributed by atoms with Crippen LogP contribution in [0.1, 0.15) is 27.2 Å². The summed E-state index contributed by atoms with van der Waals surface area (Å²) in [6.07, 6.45) is 1.45. The normalized spacial score (nSPS) is 10.2. The van der Waals surface area contributed by atoms with E-state index < -0.39 is 5.97 Å². The molecule has 1 aromatic heterocycles. The van der Waals surface area contributed by atoms with E-state index in [1.807, 2.05) is 6.07 Å². The fraction of sp³-hybridized carbons (Fsp3) is 0.200. The van der Waals surface area contributed by atoms with Crippen molar-refractivity contribution in [3.63, 3.8) is 0 Å². The Morgan fingerprint density at radius 1 is 1.38 bits per heavy atom. The summed E-state index contributed by atoms with van der Waals surface area (Å²) in [4.78, 5) is 11.9. The van der Waals surface area contributed by atoms with Crippen molar-refractivity contribution < 1.29 is 13.9 Å². The van der Waals surface area contributed by atoms with E-state index in [1.54, 1.807) is 13.8 Å². The summed E-state index contributed by atoms with van der Waals surface area (Å²) in [6, 6.07) is 4.63. The predicted octanol–water partition coefficient (Wildman–Crippen LogP) is 2.47. The molecule has 0 unspecified atom stereocenters. The third-order valence-electron chi connectivity index (χ3n) is 3.24. The molecule has 1 heterocycles. The first-order valence-corrected chi connectivity index (χ1v) is 6.17. The topological polar surface area (TPSA) is 81.0 Å². The van der Waals surface area contributed by atoms with Crippen LogP contribution >= 0.6 is 0 Å². The molecule has 0 bridgehead atoms. The van der Waals surface area contributed by atoms with Gasteiger partial charge in [-0.1, -0.05) is 0 Å². The molecule has 21 heavy (non-hydrogen) atoms. The third-order valence-corrected chi connectivity index (χ3v) is 3.24. The lowest BCUT2D eigenvalue weighted by atomic mass is 10.1. The number of carbonyl (C=O) groups excluding carboxylic acids is 1. The smallest absolute Gasteiger partial charge is 0.357 e. The molecule has 0 atom stereocenters. The van der Waals surface area contributed by atoms with E-state index in [1.165, 1.54) is 30.0 Å². The van der Waals surface area contributed by atoms with Gasteiger partial charge in [0.2, 0.25) is 0 Å². The van der Waals surface area contributed by atoms with Gasteiger partial charge in [0.25, 0.3) is 0 Å². The number of hydrogen-bond acceptors (Lipinski definition) is 4. The van der Waals surface area contributed by atoms with Gasteiger partial charge in [0, 0.05) is 6.20 Å². The van der Waals surface area contributed by atoms with Crippen LogP contribution in [0.25, 0.3) is 5.69 Å². The lowest BCUT2D eigenvalue weighted by molar-refractivity contribution is 0.0593. The molecule has 2 aromatic rings. The van der Waals surface area contributed by atoms with Crippen molar-refractivity contribution in [1.82, 2.24) is 4.57 Å². The molecular weight excluding hydrogens is 273 g/mol. The van der Waals surface area contributed by atoms with Crippen LogP contribution in [-0.4, -0.2) is 17.6 Å². The van der Waals surface area contributed by atoms with Gasteiger partial charge >= 0.3 is 5.97 Å². The minimum atomic E-state index is -0.655. The number of halogens is 1. The highest BCUT2D eigenvalue weighted by atomic mass is 19.1. The number of nitriles is 1. The number of esters is 1. The van der Waals surface area contributed by atoms with E-state index in [9.17, 15) is 9.18 Å². The monoisotopic (exact) mass is 287 g/mol. The van der Waals surface area contributed by atoms with Crippen LogP contribution < -0.4 is 5.73 Å². The van der Waals surface area contributed by atoms with Crippen LogP contribution in [-0.2, 0) is 4.74 Å². The molecule has 0 saturated carbocycles. The number of nitrogens with two attached hydrogens (primary N) is 1. The summed E-state index contributed by atoms with van der Waals surface area (Å²) in [7, 11) is 1.23. The first kappa shape index (κ1) is 14.6. The highest BCUT2D eigenvalue weighted by Gasteiger charge is 2.23. The Morgan fingerprint density at radius 3 is 2.43 bits per heavy atom. The molecule has 108 valence electrons. The average molecular weight is 287 g/mol. The minimum absolute atomic E-state index is 0.0486. The summed E-state index contributed by atoms with van der Waals surface area (Å²) in [5.74, 6) is -1.02. The van der Waals surface area contributed by atoms with Gasteiger partial charge < -0.3 is 15.0 Å². The van der Waals surface area contributed by atoms with Gasteiger partial charge in [0.15, 0.2) is 5.69 Å². The van der Waals surface area contributed by atoms with Gasteiger partial charge in [-0.2, -0.15) is 5.26 Å². The van der Waals surface area contributed by atoms with Crippen molar-refractivity contribution in [2.24, 2.45) is 0 Å². The van der Waals surface area contributed by atoms with E-state index in [2.05, 4.69) is 0 Å². The highest BCUT2D eigenvalue weighted by molar-refractivity contribution is 5.96. The fourth-order valence-corrected chi connectivity index (χ4v) is 2.37. The highest BCUT2D eigenvalue weighted by Crippen LogP contribution is 2.28. The zero-order valence-corrected chi connectivity index (χ0v) is 11.9. The van der Waals surface area contributed by atoms with Crippen LogP contribution in [0, 0.1) is 31.0 Å². The van der Waals surface area contributed by atoms with Crippen LogP contribution in [0.3, 0.4) is 0 Å². The first-order valence-electron chi connectivity index (χ1n) is 6.17. The molecular formula is C15H14FN3O2. The Hall–Kier alpha value is -2.81. The number of methoxy groups -OCH3 is 1. The number of aromatic nitrogens is 1. The third kappa shape index (κ3) is 2.34. The lowest BCUT2D eigenvalue weighted by Crippen LogP contribution is -2.12. The minimum Gasteiger partial charge on any atom is -0.464 e. The van der Waals surface area contributed by atoms with Gasteiger partial charge in [-0.15, -0.1) is 0 Å². The first-order chi connectivity index (χ1) is 9.90. The summed E-state index contributed by atoms with van der Waals surface area (Å²) < 4.78 is 19.6. The SMILES string of the molecule is COC(=O)c1c(N)c(C#N)cn1-c1c(C)cc(F)cc1C. The molecule has 0 aliphatic carbocycles. The maximum absolute atomic E-state index is 13.4. The number of ether oxygens (including phenoxy) is 1. The zero-order valence-electron chi connectivity index (χ0n) is 11.9. The number of carbonyl (C=O) groups is 1. The Morgan fingerprint density at radius 2 is 1.95 bits per heavy atom. The van der Waals surface area contributed by atoms with Gasteiger partial charge in [-0.25, -0.2) is 9.18 Å². The molecule has 5 nitrogen and oxygen atoms in total. The Balaban J connectivity index is 2.82. The quantitative estimate of drug-likeness (QED) is 0.860. The lowest BCUT2D eigenvalue weighted by Gasteiger charge is -2.14. The van der Waals surface area contributed by atoms with Gasteiger partial charge in [0.1, 0.15) is 11.9 Å². The van der Waals surface area contributed by atoms with Crippen LogP contribution in [0.4, 0.5) is 10.1 Å². The van der Waals surface area contributed by atoms with Crippen molar-refractivity contribution in [3.8, 4) is 11.8 Å². The van der Waals surface area contributed by atoms with E-state index in [4.69, 9.17) is 15.7 Å². The Bertz CT molecular complexity index is 749. The van der Waals surface area contributed by atoms with Crippen molar-refractivity contribution in [1.29, 1.82) is 5.26 Å². The van der Waals surface area contributed by atoms with Crippen LogP contribution in [0.15, 0.2) is 18.3 Å². The van der Waals surface area contributed by atoms with Crippen LogP contribution in [0.2, 0.25) is 0 Å². The number of nitrogen functional groups attached to an aromatic ring is 1. The molecule has 0 spiro atoms. The second-order valence-electron chi connectivity index (χ2n) is 4.67. The maximum Gasteiger partial charge on any atom is 0.357 e. The average Bonchev–Trinajstić information content (AvgIpc) is 2.73. The van der Waals surface area contributed by atoms with Gasteiger partial charge in [0.05, 0.1) is 24.0 Å². The van der Waals surface area contributed by atoms with Crippen molar-refractivity contribution in [2.45, 2.75) is 13.8 Å². The molecule has 0 fully saturated rings. The molecule has 0 amide bonds. The van der Waals surface area contributed by atoms with E-state index in [0.29, 0.717) is 16.8 Å². The molecule has 2 rings (SSSR count). The predicted molar refractivity (Wildman–Crippen MR) is 75.7 cm³/mol. The van der Waals surface area contributed by atoms with Crippen LogP contribution in [0.5, 0.6) is 0 Å². The number of rotatable bonds is 2. The zero-order chi connectivity index (χ0) is 15.7. The van der Waals surface area contributed by atoms with Crippen molar-refractivity contribution in [2.75, 3.05) is 12.8 Å².